The van der Waals surface area contributed by atoms with Crippen LogP contribution in [0.1, 0.15) is 12.5 Å². The van der Waals surface area contributed by atoms with E-state index in [1.54, 1.807) is 31.1 Å². The van der Waals surface area contributed by atoms with Crippen LogP contribution in [0.15, 0.2) is 96.1 Å². The lowest BCUT2D eigenvalue weighted by atomic mass is 10.1. The van der Waals surface area contributed by atoms with Crippen LogP contribution in [0.3, 0.4) is 0 Å². The van der Waals surface area contributed by atoms with Crippen molar-refractivity contribution in [3.63, 3.8) is 0 Å². The number of aromatic nitrogens is 2. The summed E-state index contributed by atoms with van der Waals surface area (Å²) in [6.45, 7) is 1.80. The average Bonchev–Trinajstić information content (AvgIpc) is 2.85. The molecule has 4 rings (SSSR count). The molecule has 0 saturated carbocycles. The van der Waals surface area contributed by atoms with Crippen LogP contribution >= 0.6 is 0 Å². The highest BCUT2D eigenvalue weighted by molar-refractivity contribution is 5.99. The van der Waals surface area contributed by atoms with Crippen LogP contribution in [0, 0.1) is 10.1 Å². The second-order valence-electron chi connectivity index (χ2n) is 7.19. The first-order valence-electron chi connectivity index (χ1n) is 10.0. The predicted molar refractivity (Wildman–Crippen MR) is 127 cm³/mol. The fraction of sp³-hybridized carbons (Fsp3) is 0.0800. The molecule has 4 aromatic rings. The van der Waals surface area contributed by atoms with Gasteiger partial charge in [-0.05, 0) is 13.0 Å². The van der Waals surface area contributed by atoms with E-state index in [-0.39, 0.29) is 5.69 Å². The number of nitro groups is 1. The van der Waals surface area contributed by atoms with E-state index < -0.39 is 4.92 Å². The number of rotatable bonds is 6. The van der Waals surface area contributed by atoms with Crippen LogP contribution < -0.4 is 5.01 Å². The molecule has 3 aromatic carbocycles. The standard InChI is InChI=1S/C25H21N5O2/c1-18(21-14-9-15-22(16-21)30(31)32)28-29(2)25-26-23(19-10-5-3-6-11-19)17-24(27-25)20-12-7-4-8-13-20/h3-17H,1-2H3. The average molecular weight is 423 g/mol. The summed E-state index contributed by atoms with van der Waals surface area (Å²) < 4.78 is 0. The van der Waals surface area contributed by atoms with Gasteiger partial charge in [-0.3, -0.25) is 10.1 Å². The Morgan fingerprint density at radius 3 is 1.94 bits per heavy atom. The molecule has 0 radical (unpaired) electrons. The van der Waals surface area contributed by atoms with E-state index in [0.717, 1.165) is 22.5 Å². The Bertz CT molecular complexity index is 1220. The minimum absolute atomic E-state index is 0.0217. The van der Waals surface area contributed by atoms with Gasteiger partial charge in [-0.1, -0.05) is 72.8 Å². The summed E-state index contributed by atoms with van der Waals surface area (Å²) in [5, 5.41) is 17.3. The van der Waals surface area contributed by atoms with Gasteiger partial charge in [0, 0.05) is 35.9 Å². The third-order valence-corrected chi connectivity index (χ3v) is 4.92. The number of anilines is 1. The number of hydrogen-bond acceptors (Lipinski definition) is 6. The van der Waals surface area contributed by atoms with Crippen LogP contribution in [-0.4, -0.2) is 27.7 Å². The van der Waals surface area contributed by atoms with E-state index in [2.05, 4.69) is 5.10 Å². The Labute approximate surface area is 185 Å². The zero-order chi connectivity index (χ0) is 22.5. The van der Waals surface area contributed by atoms with Gasteiger partial charge in [0.15, 0.2) is 0 Å². The van der Waals surface area contributed by atoms with Gasteiger partial charge in [-0.25, -0.2) is 15.0 Å². The monoisotopic (exact) mass is 423 g/mol. The third kappa shape index (κ3) is 4.67. The van der Waals surface area contributed by atoms with Crippen LogP contribution in [0.5, 0.6) is 0 Å². The lowest BCUT2D eigenvalue weighted by Gasteiger charge is -2.15. The molecule has 0 aliphatic rings. The Balaban J connectivity index is 1.75. The topological polar surface area (TPSA) is 84.5 Å². The number of nitro benzene ring substituents is 1. The maximum Gasteiger partial charge on any atom is 0.270 e. The molecule has 7 nitrogen and oxygen atoms in total. The van der Waals surface area contributed by atoms with E-state index in [9.17, 15) is 10.1 Å². The van der Waals surface area contributed by atoms with E-state index in [1.165, 1.54) is 12.1 Å². The van der Waals surface area contributed by atoms with Crippen LogP contribution in [0.25, 0.3) is 22.5 Å². The maximum absolute atomic E-state index is 11.1. The molecule has 0 amide bonds. The lowest BCUT2D eigenvalue weighted by molar-refractivity contribution is -0.384. The summed E-state index contributed by atoms with van der Waals surface area (Å²) in [6, 6.07) is 28.1. The number of hydrazone groups is 1. The summed E-state index contributed by atoms with van der Waals surface area (Å²) >= 11 is 0. The van der Waals surface area contributed by atoms with Crippen LogP contribution in [0.4, 0.5) is 11.6 Å². The smallest absolute Gasteiger partial charge is 0.258 e. The Morgan fingerprint density at radius 1 is 0.844 bits per heavy atom. The Hall–Kier alpha value is -4.39. The molecular formula is C25H21N5O2. The van der Waals surface area contributed by atoms with Crippen molar-refractivity contribution in [3.05, 3.63) is 107 Å². The van der Waals surface area contributed by atoms with Crippen molar-refractivity contribution in [2.24, 2.45) is 5.10 Å². The molecule has 0 saturated heterocycles. The molecule has 0 bridgehead atoms. The molecule has 0 spiro atoms. The zero-order valence-electron chi connectivity index (χ0n) is 17.7. The van der Waals surface area contributed by atoms with Crippen molar-refractivity contribution in [3.8, 4) is 22.5 Å². The molecule has 0 aliphatic carbocycles. The fourth-order valence-corrected chi connectivity index (χ4v) is 3.26. The van der Waals surface area contributed by atoms with E-state index in [0.29, 0.717) is 17.2 Å². The molecule has 1 heterocycles. The molecule has 0 aliphatic heterocycles. The summed E-state index contributed by atoms with van der Waals surface area (Å²) in [4.78, 5) is 20.1. The second-order valence-corrected chi connectivity index (χ2v) is 7.19. The minimum atomic E-state index is -0.418. The molecule has 7 heteroatoms. The van der Waals surface area contributed by atoms with Crippen molar-refractivity contribution in [2.75, 3.05) is 12.1 Å². The third-order valence-electron chi connectivity index (χ3n) is 4.92. The molecule has 32 heavy (non-hydrogen) atoms. The van der Waals surface area contributed by atoms with Gasteiger partial charge >= 0.3 is 0 Å². The predicted octanol–water partition coefficient (Wildman–Crippen LogP) is 5.58. The van der Waals surface area contributed by atoms with Gasteiger partial charge in [0.25, 0.3) is 5.69 Å². The number of nitrogens with zero attached hydrogens (tertiary/aromatic N) is 5. The van der Waals surface area contributed by atoms with Crippen molar-refractivity contribution >= 4 is 17.3 Å². The van der Waals surface area contributed by atoms with Crippen LogP contribution in [0.2, 0.25) is 0 Å². The molecular weight excluding hydrogens is 402 g/mol. The molecule has 158 valence electrons. The molecule has 1 aromatic heterocycles. The number of hydrogen-bond donors (Lipinski definition) is 0. The Morgan fingerprint density at radius 2 is 1.41 bits per heavy atom. The largest absolute Gasteiger partial charge is 0.270 e. The van der Waals surface area contributed by atoms with Gasteiger partial charge in [-0.2, -0.15) is 5.10 Å². The van der Waals surface area contributed by atoms with Crippen molar-refractivity contribution in [1.29, 1.82) is 0 Å². The first kappa shape index (κ1) is 20.9. The molecule has 0 N–H and O–H groups in total. The van der Waals surface area contributed by atoms with Crippen molar-refractivity contribution in [2.45, 2.75) is 6.92 Å². The van der Waals surface area contributed by atoms with E-state index in [4.69, 9.17) is 9.97 Å². The van der Waals surface area contributed by atoms with E-state index in [1.807, 2.05) is 66.7 Å². The summed E-state index contributed by atoms with van der Waals surface area (Å²) in [7, 11) is 1.76. The highest BCUT2D eigenvalue weighted by Gasteiger charge is 2.13. The Kier molecular flexibility index (Phi) is 5.98. The first-order chi connectivity index (χ1) is 15.5. The summed E-state index contributed by atoms with van der Waals surface area (Å²) in [5.41, 5.74) is 4.81. The molecule has 0 unspecified atom stereocenters. The van der Waals surface area contributed by atoms with Crippen molar-refractivity contribution in [1.82, 2.24) is 9.97 Å². The summed E-state index contributed by atoms with van der Waals surface area (Å²) in [5.74, 6) is 0.426. The number of non-ortho nitro benzene ring substituents is 1. The van der Waals surface area contributed by atoms with Crippen molar-refractivity contribution < 1.29 is 4.92 Å². The second kappa shape index (κ2) is 9.18. The van der Waals surface area contributed by atoms with Gasteiger partial charge in [0.2, 0.25) is 5.95 Å². The van der Waals surface area contributed by atoms with Gasteiger partial charge in [0.05, 0.1) is 22.0 Å². The molecule has 0 atom stereocenters. The molecule has 0 fully saturated rings. The first-order valence-corrected chi connectivity index (χ1v) is 10.0. The minimum Gasteiger partial charge on any atom is -0.258 e. The van der Waals surface area contributed by atoms with E-state index >= 15 is 0 Å². The van der Waals surface area contributed by atoms with Crippen LogP contribution in [-0.2, 0) is 0 Å². The quantitative estimate of drug-likeness (QED) is 0.230. The number of benzene rings is 3. The van der Waals surface area contributed by atoms with Gasteiger partial charge in [0.1, 0.15) is 0 Å². The lowest BCUT2D eigenvalue weighted by Crippen LogP contribution is -2.16. The van der Waals surface area contributed by atoms with Gasteiger partial charge < -0.3 is 0 Å². The maximum atomic E-state index is 11.1. The highest BCUT2D eigenvalue weighted by Crippen LogP contribution is 2.26. The normalized spacial score (nSPS) is 11.2. The fourth-order valence-electron chi connectivity index (χ4n) is 3.26. The summed E-state index contributed by atoms with van der Waals surface area (Å²) in [6.07, 6.45) is 0. The van der Waals surface area contributed by atoms with Gasteiger partial charge in [-0.15, -0.1) is 0 Å². The highest BCUT2D eigenvalue weighted by atomic mass is 16.6. The SMILES string of the molecule is CC(=NN(C)c1nc(-c2ccccc2)cc(-c2ccccc2)n1)c1cccc([N+](=O)[O-])c1. The zero-order valence-corrected chi connectivity index (χ0v) is 17.7.